The molecule has 3 rings (SSSR count). The van der Waals surface area contributed by atoms with Crippen molar-refractivity contribution in [3.63, 3.8) is 0 Å². The second-order valence-corrected chi connectivity index (χ2v) is 5.66. The normalized spacial score (nSPS) is 20.6. The summed E-state index contributed by atoms with van der Waals surface area (Å²) in [7, 11) is 0. The number of esters is 1. The standard InChI is InChI=1S/C16H16N2O5/c1-9(19)23-11-5-4-10(7-11)18-8-13(16(21)22)14(20)12-3-2-6-17-15(12)18/h2-3,6,8,10-11H,4-5,7H2,1H3,(H,21,22)/t10-,11-/m1/s1. The Balaban J connectivity index is 2.07. The Labute approximate surface area is 131 Å². The first-order valence-corrected chi connectivity index (χ1v) is 7.37. The Morgan fingerprint density at radius 1 is 1.39 bits per heavy atom. The maximum atomic E-state index is 12.2. The van der Waals surface area contributed by atoms with Gasteiger partial charge in [0, 0.05) is 31.8 Å². The summed E-state index contributed by atoms with van der Waals surface area (Å²) in [4.78, 5) is 38.9. The zero-order valence-electron chi connectivity index (χ0n) is 12.6. The molecule has 0 spiro atoms. The van der Waals surface area contributed by atoms with Crippen LogP contribution in [-0.4, -0.2) is 32.7 Å². The molecule has 0 radical (unpaired) electrons. The molecular formula is C16H16N2O5. The lowest BCUT2D eigenvalue weighted by molar-refractivity contribution is -0.146. The predicted octanol–water partition coefficient (Wildman–Crippen LogP) is 1.75. The third kappa shape index (κ3) is 2.81. The number of nitrogens with zero attached hydrogens (tertiary/aromatic N) is 2. The van der Waals surface area contributed by atoms with E-state index in [9.17, 15) is 19.5 Å². The molecule has 2 aromatic heterocycles. The van der Waals surface area contributed by atoms with Gasteiger partial charge in [-0.15, -0.1) is 0 Å². The lowest BCUT2D eigenvalue weighted by Crippen LogP contribution is -2.21. The molecule has 1 N–H and O–H groups in total. The Morgan fingerprint density at radius 2 is 2.17 bits per heavy atom. The van der Waals surface area contributed by atoms with E-state index < -0.39 is 11.4 Å². The first-order valence-electron chi connectivity index (χ1n) is 7.37. The van der Waals surface area contributed by atoms with E-state index in [-0.39, 0.29) is 29.1 Å². The SMILES string of the molecule is CC(=O)O[C@@H]1CC[C@@H](n2cc(C(=O)O)c(=O)c3cccnc32)C1. The number of fused-ring (bicyclic) bond motifs is 1. The Hall–Kier alpha value is -2.70. The highest BCUT2D eigenvalue weighted by atomic mass is 16.5. The molecule has 2 aromatic rings. The van der Waals surface area contributed by atoms with Gasteiger partial charge in [-0.25, -0.2) is 9.78 Å². The lowest BCUT2D eigenvalue weighted by atomic mass is 10.1. The fourth-order valence-corrected chi connectivity index (χ4v) is 3.13. The number of carboxylic acids is 1. The van der Waals surface area contributed by atoms with Crippen molar-refractivity contribution in [2.75, 3.05) is 0 Å². The molecule has 0 aromatic carbocycles. The van der Waals surface area contributed by atoms with Crippen LogP contribution in [0.1, 0.15) is 42.6 Å². The molecule has 7 nitrogen and oxygen atoms in total. The van der Waals surface area contributed by atoms with Gasteiger partial charge >= 0.3 is 11.9 Å². The van der Waals surface area contributed by atoms with Crippen LogP contribution in [-0.2, 0) is 9.53 Å². The number of rotatable bonds is 3. The maximum absolute atomic E-state index is 12.2. The van der Waals surface area contributed by atoms with Crippen LogP contribution >= 0.6 is 0 Å². The third-order valence-corrected chi connectivity index (χ3v) is 4.10. The number of aromatic carboxylic acids is 1. The molecule has 0 amide bonds. The van der Waals surface area contributed by atoms with E-state index in [0.29, 0.717) is 18.5 Å². The molecule has 0 bridgehead atoms. The number of aromatic nitrogens is 2. The Bertz CT molecular complexity index is 842. The molecule has 2 atom stereocenters. The van der Waals surface area contributed by atoms with Crippen molar-refractivity contribution >= 4 is 23.0 Å². The molecule has 7 heteroatoms. The predicted molar refractivity (Wildman–Crippen MR) is 81.4 cm³/mol. The zero-order chi connectivity index (χ0) is 16.6. The number of pyridine rings is 2. The molecule has 1 fully saturated rings. The van der Waals surface area contributed by atoms with E-state index in [2.05, 4.69) is 4.98 Å². The summed E-state index contributed by atoms with van der Waals surface area (Å²) in [5.74, 6) is -1.59. The van der Waals surface area contributed by atoms with Gasteiger partial charge in [-0.2, -0.15) is 0 Å². The van der Waals surface area contributed by atoms with Crippen molar-refractivity contribution in [2.24, 2.45) is 0 Å². The van der Waals surface area contributed by atoms with Crippen molar-refractivity contribution in [1.82, 2.24) is 9.55 Å². The van der Waals surface area contributed by atoms with Gasteiger partial charge in [-0.3, -0.25) is 9.59 Å². The maximum Gasteiger partial charge on any atom is 0.341 e. The highest BCUT2D eigenvalue weighted by molar-refractivity contribution is 5.91. The van der Waals surface area contributed by atoms with E-state index in [1.54, 1.807) is 22.9 Å². The molecular weight excluding hydrogens is 300 g/mol. The number of ether oxygens (including phenoxy) is 1. The third-order valence-electron chi connectivity index (χ3n) is 4.10. The van der Waals surface area contributed by atoms with Gasteiger partial charge in [0.15, 0.2) is 0 Å². The highest BCUT2D eigenvalue weighted by Gasteiger charge is 2.29. The first kappa shape index (κ1) is 15.2. The summed E-state index contributed by atoms with van der Waals surface area (Å²) < 4.78 is 6.95. The fourth-order valence-electron chi connectivity index (χ4n) is 3.13. The molecule has 0 saturated heterocycles. The van der Waals surface area contributed by atoms with Crippen LogP contribution in [0, 0.1) is 0 Å². The van der Waals surface area contributed by atoms with E-state index in [1.165, 1.54) is 13.1 Å². The van der Waals surface area contributed by atoms with Crippen molar-refractivity contribution in [1.29, 1.82) is 0 Å². The molecule has 0 unspecified atom stereocenters. The second kappa shape index (κ2) is 5.83. The number of hydrogen-bond acceptors (Lipinski definition) is 5. The van der Waals surface area contributed by atoms with Crippen molar-refractivity contribution in [2.45, 2.75) is 38.3 Å². The molecule has 1 saturated carbocycles. The highest BCUT2D eigenvalue weighted by Crippen LogP contribution is 2.33. The molecule has 1 aliphatic carbocycles. The van der Waals surface area contributed by atoms with Crippen LogP contribution in [0.5, 0.6) is 0 Å². The molecule has 0 aliphatic heterocycles. The summed E-state index contributed by atoms with van der Waals surface area (Å²) in [6.45, 7) is 1.37. The van der Waals surface area contributed by atoms with Crippen molar-refractivity contribution < 1.29 is 19.4 Å². The zero-order valence-corrected chi connectivity index (χ0v) is 12.6. The van der Waals surface area contributed by atoms with E-state index in [1.807, 2.05) is 0 Å². The summed E-state index contributed by atoms with van der Waals surface area (Å²) >= 11 is 0. The summed E-state index contributed by atoms with van der Waals surface area (Å²) in [6.07, 6.45) is 4.73. The van der Waals surface area contributed by atoms with Crippen LogP contribution in [0.3, 0.4) is 0 Å². The average Bonchev–Trinajstić information content (AvgIpc) is 2.95. The van der Waals surface area contributed by atoms with Gasteiger partial charge in [0.1, 0.15) is 17.3 Å². The fraction of sp³-hybridized carbons (Fsp3) is 0.375. The summed E-state index contributed by atoms with van der Waals surface area (Å²) in [5, 5.41) is 9.54. The van der Waals surface area contributed by atoms with Gasteiger partial charge in [0.2, 0.25) is 5.43 Å². The molecule has 120 valence electrons. The molecule has 1 aliphatic rings. The quantitative estimate of drug-likeness (QED) is 0.866. The molecule has 2 heterocycles. The Morgan fingerprint density at radius 3 is 2.87 bits per heavy atom. The van der Waals surface area contributed by atoms with Crippen molar-refractivity contribution in [3.05, 3.63) is 40.3 Å². The van der Waals surface area contributed by atoms with Gasteiger partial charge in [-0.05, 0) is 25.0 Å². The average molecular weight is 316 g/mol. The summed E-state index contributed by atoms with van der Waals surface area (Å²) in [5.41, 5.74) is -0.358. The minimum Gasteiger partial charge on any atom is -0.477 e. The second-order valence-electron chi connectivity index (χ2n) is 5.66. The van der Waals surface area contributed by atoms with Crippen LogP contribution in [0.2, 0.25) is 0 Å². The minimum atomic E-state index is -1.26. The van der Waals surface area contributed by atoms with Gasteiger partial charge in [0.25, 0.3) is 0 Å². The van der Waals surface area contributed by atoms with Gasteiger partial charge < -0.3 is 14.4 Å². The minimum absolute atomic E-state index is 0.0598. The summed E-state index contributed by atoms with van der Waals surface area (Å²) in [6, 6.07) is 3.12. The number of carbonyl (C=O) groups excluding carboxylic acids is 1. The number of carbonyl (C=O) groups is 2. The van der Waals surface area contributed by atoms with Crippen LogP contribution in [0.15, 0.2) is 29.3 Å². The van der Waals surface area contributed by atoms with E-state index in [0.717, 1.165) is 6.42 Å². The topological polar surface area (TPSA) is 98.5 Å². The lowest BCUT2D eigenvalue weighted by Gasteiger charge is -2.18. The van der Waals surface area contributed by atoms with Crippen LogP contribution < -0.4 is 5.43 Å². The Kier molecular flexibility index (Phi) is 3.85. The van der Waals surface area contributed by atoms with Crippen LogP contribution in [0.25, 0.3) is 11.0 Å². The largest absolute Gasteiger partial charge is 0.477 e. The smallest absolute Gasteiger partial charge is 0.341 e. The van der Waals surface area contributed by atoms with Crippen LogP contribution in [0.4, 0.5) is 0 Å². The monoisotopic (exact) mass is 316 g/mol. The van der Waals surface area contributed by atoms with E-state index in [4.69, 9.17) is 4.74 Å². The van der Waals surface area contributed by atoms with Gasteiger partial charge in [0.05, 0.1) is 5.39 Å². The van der Waals surface area contributed by atoms with Gasteiger partial charge in [-0.1, -0.05) is 0 Å². The van der Waals surface area contributed by atoms with E-state index >= 15 is 0 Å². The number of hydrogen-bond donors (Lipinski definition) is 1. The first-order chi connectivity index (χ1) is 11.0. The molecule has 23 heavy (non-hydrogen) atoms. The van der Waals surface area contributed by atoms with Crippen molar-refractivity contribution in [3.8, 4) is 0 Å². The number of carboxylic acid groups (broad SMARTS) is 1.